The summed E-state index contributed by atoms with van der Waals surface area (Å²) in [6.07, 6.45) is 0.789. The molecule has 0 saturated heterocycles. The van der Waals surface area contributed by atoms with E-state index in [9.17, 15) is 19.1 Å². The van der Waals surface area contributed by atoms with E-state index >= 15 is 0 Å². The lowest BCUT2D eigenvalue weighted by Gasteiger charge is -2.17. The number of hydrogen-bond acceptors (Lipinski definition) is 3. The molecule has 0 aliphatic rings. The Hall–Kier alpha value is -2.11. The van der Waals surface area contributed by atoms with Crippen LogP contribution < -0.4 is 5.32 Å². The van der Waals surface area contributed by atoms with E-state index in [4.69, 9.17) is 0 Å². The number of likely N-dealkylation sites (N-methyl/N-ethyl adjacent to an activating group) is 1. The van der Waals surface area contributed by atoms with Crippen LogP contribution in [0.4, 0.5) is 4.39 Å². The summed E-state index contributed by atoms with van der Waals surface area (Å²) in [6.45, 7) is 2.24. The quantitative estimate of drug-likeness (QED) is 0.841. The number of nitrogens with one attached hydrogen (secondary N) is 1. The van der Waals surface area contributed by atoms with Crippen LogP contribution in [0.1, 0.15) is 23.7 Å². The third-order valence-corrected chi connectivity index (χ3v) is 2.51. The minimum absolute atomic E-state index is 0.188. The number of nitrogens with zero attached hydrogens (tertiary/aromatic N) is 1. The van der Waals surface area contributed by atoms with Crippen molar-refractivity contribution in [2.45, 2.75) is 13.3 Å². The van der Waals surface area contributed by atoms with E-state index in [0.29, 0.717) is 6.54 Å². The van der Waals surface area contributed by atoms with E-state index < -0.39 is 23.0 Å². The number of aromatic hydroxyl groups is 1. The second-order valence-corrected chi connectivity index (χ2v) is 4.15. The predicted octanol–water partition coefficient (Wildman–Crippen LogP) is 1.13. The maximum absolute atomic E-state index is 13.5. The summed E-state index contributed by atoms with van der Waals surface area (Å²) in [5, 5.41) is 12.1. The van der Waals surface area contributed by atoms with Crippen molar-refractivity contribution in [1.29, 1.82) is 0 Å². The van der Waals surface area contributed by atoms with Crippen LogP contribution in [0.3, 0.4) is 0 Å². The van der Waals surface area contributed by atoms with Crippen molar-refractivity contribution in [3.63, 3.8) is 0 Å². The monoisotopic (exact) mass is 268 g/mol. The van der Waals surface area contributed by atoms with Crippen LogP contribution in [0.15, 0.2) is 18.2 Å². The van der Waals surface area contributed by atoms with Gasteiger partial charge in [0.1, 0.15) is 17.1 Å². The van der Waals surface area contributed by atoms with Crippen LogP contribution in [0.25, 0.3) is 0 Å². The van der Waals surface area contributed by atoms with Crippen molar-refractivity contribution in [3.05, 3.63) is 29.6 Å². The van der Waals surface area contributed by atoms with E-state index in [0.717, 1.165) is 17.4 Å². The molecule has 2 N–H and O–H groups in total. The van der Waals surface area contributed by atoms with Gasteiger partial charge >= 0.3 is 0 Å². The number of carbonyl (C=O) groups is 2. The summed E-state index contributed by atoms with van der Waals surface area (Å²) >= 11 is 0. The largest absolute Gasteiger partial charge is 0.507 e. The molecule has 0 bridgehead atoms. The zero-order valence-electron chi connectivity index (χ0n) is 10.9. The van der Waals surface area contributed by atoms with Crippen molar-refractivity contribution < 1.29 is 19.1 Å². The lowest BCUT2D eigenvalue weighted by Crippen LogP contribution is -2.38. The van der Waals surface area contributed by atoms with Gasteiger partial charge in [-0.25, -0.2) is 4.39 Å². The number of halogens is 1. The van der Waals surface area contributed by atoms with Gasteiger partial charge in [0.15, 0.2) is 0 Å². The second-order valence-electron chi connectivity index (χ2n) is 4.15. The molecule has 0 saturated carbocycles. The molecule has 2 amide bonds. The standard InChI is InChI=1S/C13H17FN2O3/c1-3-7-15-11(18)8-16(2)13(19)12-9(14)5-4-6-10(12)17/h4-6,17H,3,7-8H2,1-2H3,(H,15,18). The average Bonchev–Trinajstić information content (AvgIpc) is 2.35. The van der Waals surface area contributed by atoms with Gasteiger partial charge in [-0.3, -0.25) is 9.59 Å². The molecule has 0 aliphatic heterocycles. The Morgan fingerprint density at radius 2 is 2.11 bits per heavy atom. The molecule has 0 aromatic heterocycles. The summed E-state index contributed by atoms with van der Waals surface area (Å²) in [6, 6.07) is 3.61. The third kappa shape index (κ3) is 3.94. The molecule has 19 heavy (non-hydrogen) atoms. The van der Waals surface area contributed by atoms with Gasteiger partial charge < -0.3 is 15.3 Å². The Morgan fingerprint density at radius 1 is 1.42 bits per heavy atom. The normalized spacial score (nSPS) is 10.1. The molecule has 0 fully saturated rings. The molecule has 0 radical (unpaired) electrons. The Bertz CT molecular complexity index is 457. The molecule has 1 rings (SSSR count). The van der Waals surface area contributed by atoms with Gasteiger partial charge in [0.2, 0.25) is 5.91 Å². The van der Waals surface area contributed by atoms with Crippen molar-refractivity contribution in [2.24, 2.45) is 0 Å². The number of hydrogen-bond donors (Lipinski definition) is 2. The van der Waals surface area contributed by atoms with E-state index in [1.807, 2.05) is 6.92 Å². The van der Waals surface area contributed by atoms with Gasteiger partial charge in [0.25, 0.3) is 5.91 Å². The summed E-state index contributed by atoms with van der Waals surface area (Å²) in [4.78, 5) is 24.5. The van der Waals surface area contributed by atoms with E-state index in [1.165, 1.54) is 19.2 Å². The zero-order valence-corrected chi connectivity index (χ0v) is 10.9. The molecule has 0 unspecified atom stereocenters. The van der Waals surface area contributed by atoms with Gasteiger partial charge in [-0.15, -0.1) is 0 Å². The van der Waals surface area contributed by atoms with Crippen LogP contribution in [0.5, 0.6) is 5.75 Å². The molecule has 1 aromatic rings. The van der Waals surface area contributed by atoms with Crippen molar-refractivity contribution in [1.82, 2.24) is 10.2 Å². The molecule has 1 aromatic carbocycles. The van der Waals surface area contributed by atoms with Crippen molar-refractivity contribution in [2.75, 3.05) is 20.1 Å². The third-order valence-electron chi connectivity index (χ3n) is 2.51. The molecule has 104 valence electrons. The fourth-order valence-electron chi connectivity index (χ4n) is 1.52. The van der Waals surface area contributed by atoms with Crippen LogP contribution >= 0.6 is 0 Å². The number of phenolic OH excluding ortho intramolecular Hbond substituents is 1. The van der Waals surface area contributed by atoms with Gasteiger partial charge in [-0.1, -0.05) is 13.0 Å². The lowest BCUT2D eigenvalue weighted by molar-refractivity contribution is -0.121. The minimum atomic E-state index is -0.814. The Kier molecular flexibility index (Phi) is 5.29. The molecular formula is C13H17FN2O3. The predicted molar refractivity (Wildman–Crippen MR) is 68.3 cm³/mol. The first kappa shape index (κ1) is 14.9. The summed E-state index contributed by atoms with van der Waals surface area (Å²) in [5.74, 6) is -2.31. The van der Waals surface area contributed by atoms with Gasteiger partial charge in [0, 0.05) is 13.6 Å². The number of carbonyl (C=O) groups excluding carboxylic acids is 2. The highest BCUT2D eigenvalue weighted by molar-refractivity contribution is 5.98. The smallest absolute Gasteiger partial charge is 0.260 e. The fraction of sp³-hybridized carbons (Fsp3) is 0.385. The maximum Gasteiger partial charge on any atom is 0.260 e. The van der Waals surface area contributed by atoms with Gasteiger partial charge in [-0.05, 0) is 18.6 Å². The minimum Gasteiger partial charge on any atom is -0.507 e. The number of phenols is 1. The summed E-state index contributed by atoms with van der Waals surface area (Å²) in [5.41, 5.74) is -0.423. The Balaban J connectivity index is 2.75. The van der Waals surface area contributed by atoms with Crippen molar-refractivity contribution in [3.8, 4) is 5.75 Å². The van der Waals surface area contributed by atoms with E-state index in [-0.39, 0.29) is 12.5 Å². The highest BCUT2D eigenvalue weighted by atomic mass is 19.1. The molecule has 6 heteroatoms. The Morgan fingerprint density at radius 3 is 2.68 bits per heavy atom. The summed E-state index contributed by atoms with van der Waals surface area (Å²) < 4.78 is 13.5. The molecule has 0 heterocycles. The SMILES string of the molecule is CCCNC(=O)CN(C)C(=O)c1c(O)cccc1F. The van der Waals surface area contributed by atoms with Crippen LogP contribution in [-0.2, 0) is 4.79 Å². The first-order chi connectivity index (χ1) is 8.97. The molecule has 0 aliphatic carbocycles. The number of rotatable bonds is 5. The van der Waals surface area contributed by atoms with Crippen LogP contribution in [0.2, 0.25) is 0 Å². The van der Waals surface area contributed by atoms with E-state index in [1.54, 1.807) is 0 Å². The topological polar surface area (TPSA) is 69.6 Å². The summed E-state index contributed by atoms with van der Waals surface area (Å²) in [7, 11) is 1.37. The van der Waals surface area contributed by atoms with Crippen molar-refractivity contribution >= 4 is 11.8 Å². The van der Waals surface area contributed by atoms with E-state index in [2.05, 4.69) is 5.32 Å². The number of benzene rings is 1. The van der Waals surface area contributed by atoms with Gasteiger partial charge in [0.05, 0.1) is 6.54 Å². The fourth-order valence-corrected chi connectivity index (χ4v) is 1.52. The highest BCUT2D eigenvalue weighted by Crippen LogP contribution is 2.21. The average molecular weight is 268 g/mol. The molecule has 5 nitrogen and oxygen atoms in total. The van der Waals surface area contributed by atoms with Crippen LogP contribution in [0, 0.1) is 5.82 Å². The molecule has 0 spiro atoms. The highest BCUT2D eigenvalue weighted by Gasteiger charge is 2.21. The lowest BCUT2D eigenvalue weighted by atomic mass is 10.1. The van der Waals surface area contributed by atoms with Crippen LogP contribution in [-0.4, -0.2) is 42.0 Å². The molecule has 0 atom stereocenters. The van der Waals surface area contributed by atoms with Gasteiger partial charge in [-0.2, -0.15) is 0 Å². The zero-order chi connectivity index (χ0) is 14.4. The maximum atomic E-state index is 13.5. The molecular weight excluding hydrogens is 251 g/mol. The first-order valence-electron chi connectivity index (χ1n) is 5.97. The first-order valence-corrected chi connectivity index (χ1v) is 5.97. The Labute approximate surface area is 111 Å². The second kappa shape index (κ2) is 6.72. The number of amides is 2.